The highest BCUT2D eigenvalue weighted by Crippen LogP contribution is 2.32. The maximum Gasteiger partial charge on any atom is 0.416 e. The van der Waals surface area contributed by atoms with E-state index >= 15 is 0 Å². The Morgan fingerprint density at radius 2 is 1.95 bits per heavy atom. The Bertz CT molecular complexity index is 562. The molecule has 21 heavy (non-hydrogen) atoms. The number of benzene rings is 1. The van der Waals surface area contributed by atoms with E-state index in [9.17, 15) is 18.0 Å². The minimum atomic E-state index is -4.51. The average molecular weight is 299 g/mol. The number of rotatable bonds is 4. The van der Waals surface area contributed by atoms with E-state index in [1.54, 1.807) is 19.9 Å². The Balaban J connectivity index is 3.14. The lowest BCUT2D eigenvalue weighted by atomic mass is 10.0. The van der Waals surface area contributed by atoms with Crippen molar-refractivity contribution in [3.05, 3.63) is 29.3 Å². The van der Waals surface area contributed by atoms with E-state index in [0.717, 1.165) is 12.1 Å². The van der Waals surface area contributed by atoms with E-state index in [1.807, 2.05) is 0 Å². The van der Waals surface area contributed by atoms with Gasteiger partial charge in [0.2, 0.25) is 5.91 Å². The van der Waals surface area contributed by atoms with E-state index in [2.05, 4.69) is 10.6 Å². The number of nitrogens with zero attached hydrogens (tertiary/aromatic N) is 1. The molecule has 0 bridgehead atoms. The van der Waals surface area contributed by atoms with Crippen LogP contribution in [0, 0.1) is 17.2 Å². The molecule has 0 aliphatic carbocycles. The Kier molecular flexibility index (Phi) is 5.19. The van der Waals surface area contributed by atoms with Gasteiger partial charge in [-0.25, -0.2) is 0 Å². The summed E-state index contributed by atoms with van der Waals surface area (Å²) in [4.78, 5) is 11.7. The average Bonchev–Trinajstić information content (AvgIpc) is 2.42. The molecule has 1 rings (SSSR count). The van der Waals surface area contributed by atoms with E-state index < -0.39 is 17.8 Å². The zero-order chi connectivity index (χ0) is 16.2. The second kappa shape index (κ2) is 6.48. The topological polar surface area (TPSA) is 64.9 Å². The van der Waals surface area contributed by atoms with Crippen LogP contribution in [0.2, 0.25) is 0 Å². The summed E-state index contributed by atoms with van der Waals surface area (Å²) in [5.74, 6) is -0.396. The van der Waals surface area contributed by atoms with Gasteiger partial charge in [0.1, 0.15) is 12.1 Å². The predicted octanol–water partition coefficient (Wildman–Crippen LogP) is 2.76. The van der Waals surface area contributed by atoms with Crippen LogP contribution in [0.3, 0.4) is 0 Å². The molecule has 4 nitrogen and oxygen atoms in total. The van der Waals surface area contributed by atoms with Gasteiger partial charge in [-0.1, -0.05) is 13.8 Å². The first-order valence-corrected chi connectivity index (χ1v) is 6.30. The van der Waals surface area contributed by atoms with Gasteiger partial charge in [-0.05, 0) is 24.1 Å². The van der Waals surface area contributed by atoms with Gasteiger partial charge in [0.05, 0.1) is 16.8 Å². The molecule has 1 aromatic rings. The lowest BCUT2D eigenvalue weighted by Gasteiger charge is -2.22. The fourth-order valence-electron chi connectivity index (χ4n) is 1.80. The molecule has 0 aromatic heterocycles. The number of alkyl halides is 3. The molecule has 7 heteroatoms. The van der Waals surface area contributed by atoms with E-state index in [1.165, 1.54) is 13.1 Å². The van der Waals surface area contributed by atoms with Crippen molar-refractivity contribution < 1.29 is 18.0 Å². The van der Waals surface area contributed by atoms with Crippen LogP contribution < -0.4 is 10.6 Å². The van der Waals surface area contributed by atoms with Crippen molar-refractivity contribution in [2.45, 2.75) is 26.1 Å². The molecule has 0 heterocycles. The van der Waals surface area contributed by atoms with Crippen LogP contribution in [0.4, 0.5) is 18.9 Å². The molecule has 1 atom stereocenters. The van der Waals surface area contributed by atoms with Crippen LogP contribution in [0.15, 0.2) is 18.2 Å². The number of anilines is 1. The molecule has 0 aliphatic rings. The van der Waals surface area contributed by atoms with Gasteiger partial charge in [-0.15, -0.1) is 0 Å². The standard InChI is InChI=1S/C14H16F3N3O/c1-8(2)12(13(21)19-3)20-11-5-4-10(14(15,16)17)6-9(11)7-18/h4-6,8,12,20H,1-3H3,(H,19,21). The summed E-state index contributed by atoms with van der Waals surface area (Å²) in [6.45, 7) is 3.59. The maximum absolute atomic E-state index is 12.6. The van der Waals surface area contributed by atoms with Gasteiger partial charge in [-0.2, -0.15) is 18.4 Å². The third kappa shape index (κ3) is 4.12. The summed E-state index contributed by atoms with van der Waals surface area (Å²) in [6.07, 6.45) is -4.51. The van der Waals surface area contributed by atoms with Crippen LogP contribution in [0.1, 0.15) is 25.0 Å². The summed E-state index contributed by atoms with van der Waals surface area (Å²) in [7, 11) is 1.47. The smallest absolute Gasteiger partial charge is 0.372 e. The molecule has 1 aromatic carbocycles. The number of hydrogen-bond donors (Lipinski definition) is 2. The molecule has 2 N–H and O–H groups in total. The van der Waals surface area contributed by atoms with Gasteiger partial charge in [0.15, 0.2) is 0 Å². The van der Waals surface area contributed by atoms with Gasteiger partial charge < -0.3 is 10.6 Å². The second-order valence-corrected chi connectivity index (χ2v) is 4.85. The number of amides is 1. The van der Waals surface area contributed by atoms with E-state index in [4.69, 9.17) is 5.26 Å². The van der Waals surface area contributed by atoms with Crippen molar-refractivity contribution in [3.8, 4) is 6.07 Å². The summed E-state index contributed by atoms with van der Waals surface area (Å²) in [5.41, 5.74) is -0.849. The van der Waals surface area contributed by atoms with Gasteiger partial charge >= 0.3 is 6.18 Å². The highest BCUT2D eigenvalue weighted by atomic mass is 19.4. The third-order valence-electron chi connectivity index (χ3n) is 2.97. The number of carbonyl (C=O) groups is 1. The highest BCUT2D eigenvalue weighted by Gasteiger charge is 2.31. The maximum atomic E-state index is 12.6. The molecule has 0 saturated carbocycles. The van der Waals surface area contributed by atoms with Crippen molar-refractivity contribution in [1.82, 2.24) is 5.32 Å². The molecule has 0 saturated heterocycles. The van der Waals surface area contributed by atoms with Crippen molar-refractivity contribution in [3.63, 3.8) is 0 Å². The fourth-order valence-corrected chi connectivity index (χ4v) is 1.80. The quantitative estimate of drug-likeness (QED) is 0.898. The molecular weight excluding hydrogens is 283 g/mol. The summed E-state index contributed by atoms with van der Waals surface area (Å²) in [5, 5.41) is 14.3. The minimum Gasteiger partial charge on any atom is -0.372 e. The number of nitriles is 1. The summed E-state index contributed by atoms with van der Waals surface area (Å²) >= 11 is 0. The lowest BCUT2D eigenvalue weighted by molar-refractivity contribution is -0.137. The van der Waals surface area contributed by atoms with Crippen molar-refractivity contribution in [2.24, 2.45) is 5.92 Å². The Hall–Kier alpha value is -2.23. The Labute approximate surface area is 121 Å². The zero-order valence-corrected chi connectivity index (χ0v) is 11.9. The third-order valence-corrected chi connectivity index (χ3v) is 2.97. The second-order valence-electron chi connectivity index (χ2n) is 4.85. The van der Waals surface area contributed by atoms with Crippen molar-refractivity contribution in [2.75, 3.05) is 12.4 Å². The minimum absolute atomic E-state index is 0.0983. The van der Waals surface area contributed by atoms with Crippen molar-refractivity contribution in [1.29, 1.82) is 5.26 Å². The van der Waals surface area contributed by atoms with Crippen LogP contribution in [0.25, 0.3) is 0 Å². The summed E-state index contributed by atoms with van der Waals surface area (Å²) in [6, 6.07) is 3.89. The molecule has 114 valence electrons. The van der Waals surface area contributed by atoms with Crippen LogP contribution in [-0.2, 0) is 11.0 Å². The van der Waals surface area contributed by atoms with Crippen LogP contribution in [0.5, 0.6) is 0 Å². The molecule has 0 spiro atoms. The number of halogens is 3. The van der Waals surface area contributed by atoms with Gasteiger partial charge in [0, 0.05) is 7.05 Å². The number of nitrogens with one attached hydrogen (secondary N) is 2. The Morgan fingerprint density at radius 3 is 2.38 bits per heavy atom. The molecule has 1 amide bonds. The number of hydrogen-bond acceptors (Lipinski definition) is 3. The molecule has 0 aliphatic heterocycles. The molecule has 1 unspecified atom stereocenters. The first-order valence-electron chi connectivity index (χ1n) is 6.30. The van der Waals surface area contributed by atoms with Crippen LogP contribution >= 0.6 is 0 Å². The number of likely N-dealkylation sites (N-methyl/N-ethyl adjacent to an activating group) is 1. The van der Waals surface area contributed by atoms with Gasteiger partial charge in [-0.3, -0.25) is 4.79 Å². The first kappa shape index (κ1) is 16.8. The van der Waals surface area contributed by atoms with E-state index in [-0.39, 0.29) is 23.1 Å². The van der Waals surface area contributed by atoms with Gasteiger partial charge in [0.25, 0.3) is 0 Å². The monoisotopic (exact) mass is 299 g/mol. The summed E-state index contributed by atoms with van der Waals surface area (Å²) < 4.78 is 37.8. The molecular formula is C14H16F3N3O. The van der Waals surface area contributed by atoms with E-state index in [0.29, 0.717) is 0 Å². The zero-order valence-electron chi connectivity index (χ0n) is 11.9. The molecule has 0 radical (unpaired) electrons. The Morgan fingerprint density at radius 1 is 1.33 bits per heavy atom. The largest absolute Gasteiger partial charge is 0.416 e. The first-order chi connectivity index (χ1) is 9.70. The SMILES string of the molecule is CNC(=O)C(Nc1ccc(C(F)(F)F)cc1C#N)C(C)C. The highest BCUT2D eigenvalue weighted by molar-refractivity contribution is 5.85. The van der Waals surface area contributed by atoms with Crippen LogP contribution in [-0.4, -0.2) is 19.0 Å². The predicted molar refractivity (Wildman–Crippen MR) is 72.5 cm³/mol. The van der Waals surface area contributed by atoms with Crippen molar-refractivity contribution >= 4 is 11.6 Å². The molecule has 0 fully saturated rings. The lowest BCUT2D eigenvalue weighted by Crippen LogP contribution is -2.41. The normalized spacial score (nSPS) is 12.7. The fraction of sp³-hybridized carbons (Fsp3) is 0.429. The number of carbonyl (C=O) groups excluding carboxylic acids is 1.